The van der Waals surface area contributed by atoms with Crippen molar-refractivity contribution < 1.29 is 9.53 Å². The summed E-state index contributed by atoms with van der Waals surface area (Å²) in [5, 5.41) is 2.50. The molecule has 0 radical (unpaired) electrons. The monoisotopic (exact) mass is 267 g/mol. The van der Waals surface area contributed by atoms with E-state index >= 15 is 0 Å². The van der Waals surface area contributed by atoms with Gasteiger partial charge in [0, 0.05) is 6.54 Å². The first-order valence-corrected chi connectivity index (χ1v) is 7.24. The predicted molar refractivity (Wildman–Crippen MR) is 77.4 cm³/mol. The Balaban J connectivity index is 1.75. The summed E-state index contributed by atoms with van der Waals surface area (Å²) in [5.74, 6) is 0.167. The first-order chi connectivity index (χ1) is 9.84. The largest absolute Gasteiger partial charge is 0.363 e. The Hall–Kier alpha value is -1.87. The van der Waals surface area contributed by atoms with E-state index in [1.807, 2.05) is 4.90 Å². The number of epoxide rings is 1. The van der Waals surface area contributed by atoms with Crippen molar-refractivity contribution in [1.82, 2.24) is 4.90 Å². The van der Waals surface area contributed by atoms with Crippen molar-refractivity contribution in [2.45, 2.75) is 25.0 Å². The van der Waals surface area contributed by atoms with Gasteiger partial charge in [0.15, 0.2) is 6.10 Å². The van der Waals surface area contributed by atoms with E-state index in [0.717, 1.165) is 19.4 Å². The van der Waals surface area contributed by atoms with Crippen molar-refractivity contribution in [2.75, 3.05) is 13.2 Å². The predicted octanol–water partition coefficient (Wildman–Crippen LogP) is 2.90. The van der Waals surface area contributed by atoms with E-state index in [0.29, 0.717) is 6.61 Å². The highest BCUT2D eigenvalue weighted by Crippen LogP contribution is 2.37. The van der Waals surface area contributed by atoms with Gasteiger partial charge in [-0.2, -0.15) is 0 Å². The Bertz CT molecular complexity index is 658. The average Bonchev–Trinajstić information content (AvgIpc) is 3.23. The Kier molecular flexibility index (Phi) is 2.74. The van der Waals surface area contributed by atoms with Crippen LogP contribution in [0.3, 0.4) is 0 Å². The number of hydrogen-bond acceptors (Lipinski definition) is 2. The van der Waals surface area contributed by atoms with Crippen molar-refractivity contribution in [2.24, 2.45) is 0 Å². The summed E-state index contributed by atoms with van der Waals surface area (Å²) in [6.07, 6.45) is 1.95. The number of carbonyl (C=O) groups excluding carboxylic acids is 1. The molecule has 2 aliphatic rings. The molecule has 2 unspecified atom stereocenters. The summed E-state index contributed by atoms with van der Waals surface area (Å²) in [6, 6.07) is 15.0. The molecule has 2 aromatic rings. The molecule has 0 aliphatic carbocycles. The lowest BCUT2D eigenvalue weighted by Crippen LogP contribution is -2.34. The van der Waals surface area contributed by atoms with E-state index in [2.05, 4.69) is 42.5 Å². The van der Waals surface area contributed by atoms with Crippen molar-refractivity contribution in [3.63, 3.8) is 0 Å². The van der Waals surface area contributed by atoms with Crippen LogP contribution in [0.4, 0.5) is 0 Å². The van der Waals surface area contributed by atoms with Crippen molar-refractivity contribution >= 4 is 16.7 Å². The van der Waals surface area contributed by atoms with Crippen LogP contribution in [-0.2, 0) is 9.53 Å². The molecular formula is C17H17NO2. The van der Waals surface area contributed by atoms with Crippen LogP contribution in [0.15, 0.2) is 42.5 Å². The third-order valence-corrected chi connectivity index (χ3v) is 4.33. The fourth-order valence-electron chi connectivity index (χ4n) is 3.27. The minimum atomic E-state index is -0.175. The van der Waals surface area contributed by atoms with Crippen molar-refractivity contribution in [3.05, 3.63) is 48.0 Å². The molecule has 0 aromatic heterocycles. The minimum Gasteiger partial charge on any atom is -0.363 e. The molecule has 0 bridgehead atoms. The number of nitrogens with zero attached hydrogens (tertiary/aromatic N) is 1. The second kappa shape index (κ2) is 4.60. The lowest BCUT2D eigenvalue weighted by molar-refractivity contribution is -0.133. The molecule has 102 valence electrons. The van der Waals surface area contributed by atoms with Gasteiger partial charge in [-0.05, 0) is 29.2 Å². The smallest absolute Gasteiger partial charge is 0.254 e. The number of benzene rings is 2. The van der Waals surface area contributed by atoms with Crippen LogP contribution in [0.2, 0.25) is 0 Å². The van der Waals surface area contributed by atoms with E-state index < -0.39 is 0 Å². The topological polar surface area (TPSA) is 32.8 Å². The van der Waals surface area contributed by atoms with Crippen LogP contribution < -0.4 is 0 Å². The second-order valence-electron chi connectivity index (χ2n) is 5.58. The molecule has 0 N–H and O–H groups in total. The molecule has 0 spiro atoms. The third-order valence-electron chi connectivity index (χ3n) is 4.33. The van der Waals surface area contributed by atoms with Gasteiger partial charge in [-0.15, -0.1) is 0 Å². The van der Waals surface area contributed by atoms with Crippen LogP contribution in [0.1, 0.15) is 24.4 Å². The summed E-state index contributed by atoms with van der Waals surface area (Å²) in [7, 11) is 0. The molecule has 2 fully saturated rings. The van der Waals surface area contributed by atoms with Gasteiger partial charge >= 0.3 is 0 Å². The van der Waals surface area contributed by atoms with Gasteiger partial charge in [-0.1, -0.05) is 42.5 Å². The van der Waals surface area contributed by atoms with E-state index in [4.69, 9.17) is 4.74 Å². The number of rotatable bonds is 2. The SMILES string of the molecule is O=C(C1CO1)N1CCCC1c1cccc2ccccc12. The highest BCUT2D eigenvalue weighted by Gasteiger charge is 2.40. The van der Waals surface area contributed by atoms with Gasteiger partial charge < -0.3 is 9.64 Å². The molecule has 3 heteroatoms. The molecule has 2 aliphatic heterocycles. The number of fused-ring (bicyclic) bond motifs is 1. The summed E-state index contributed by atoms with van der Waals surface area (Å²) in [6.45, 7) is 1.45. The minimum absolute atomic E-state index is 0.167. The molecule has 0 saturated carbocycles. The standard InChI is InChI=1S/C17H17NO2/c19-17(16-11-20-16)18-10-4-9-15(18)14-8-3-6-12-5-1-2-7-13(12)14/h1-3,5-8,15-16H,4,9-11H2. The molecule has 2 atom stereocenters. The van der Waals surface area contributed by atoms with Crippen LogP contribution in [0.5, 0.6) is 0 Å². The zero-order chi connectivity index (χ0) is 13.5. The zero-order valence-electron chi connectivity index (χ0n) is 11.3. The van der Waals surface area contributed by atoms with Crippen LogP contribution in [0, 0.1) is 0 Å². The maximum atomic E-state index is 12.3. The Labute approximate surface area is 118 Å². The lowest BCUT2D eigenvalue weighted by Gasteiger charge is -2.25. The van der Waals surface area contributed by atoms with Crippen LogP contribution in [0.25, 0.3) is 10.8 Å². The second-order valence-corrected chi connectivity index (χ2v) is 5.58. The van der Waals surface area contributed by atoms with Gasteiger partial charge in [-0.25, -0.2) is 0 Å². The fourth-order valence-corrected chi connectivity index (χ4v) is 3.27. The third kappa shape index (κ3) is 1.90. The first kappa shape index (κ1) is 11.9. The number of hydrogen-bond donors (Lipinski definition) is 0. The molecule has 2 heterocycles. The maximum Gasteiger partial charge on any atom is 0.254 e. The van der Waals surface area contributed by atoms with Gasteiger partial charge in [0.05, 0.1) is 12.6 Å². The fraction of sp³-hybridized carbons (Fsp3) is 0.353. The number of amides is 1. The normalized spacial score (nSPS) is 25.1. The van der Waals surface area contributed by atoms with Gasteiger partial charge in [-0.3, -0.25) is 4.79 Å². The lowest BCUT2D eigenvalue weighted by atomic mass is 9.97. The average molecular weight is 267 g/mol. The van der Waals surface area contributed by atoms with Gasteiger partial charge in [0.2, 0.25) is 0 Å². The van der Waals surface area contributed by atoms with E-state index in [9.17, 15) is 4.79 Å². The van der Waals surface area contributed by atoms with Gasteiger partial charge in [0.25, 0.3) is 5.91 Å². The Morgan fingerprint density at radius 1 is 1.15 bits per heavy atom. The number of carbonyl (C=O) groups is 1. The van der Waals surface area contributed by atoms with Crippen molar-refractivity contribution in [3.8, 4) is 0 Å². The number of ether oxygens (including phenoxy) is 1. The van der Waals surface area contributed by atoms with E-state index in [1.165, 1.54) is 16.3 Å². The maximum absolute atomic E-state index is 12.3. The van der Waals surface area contributed by atoms with Crippen LogP contribution in [-0.4, -0.2) is 30.1 Å². The molecule has 3 nitrogen and oxygen atoms in total. The molecule has 20 heavy (non-hydrogen) atoms. The molecule has 2 aromatic carbocycles. The molecule has 1 amide bonds. The van der Waals surface area contributed by atoms with Crippen molar-refractivity contribution in [1.29, 1.82) is 0 Å². The van der Waals surface area contributed by atoms with E-state index in [1.54, 1.807) is 0 Å². The number of likely N-dealkylation sites (tertiary alicyclic amines) is 1. The zero-order valence-corrected chi connectivity index (χ0v) is 11.3. The summed E-state index contributed by atoms with van der Waals surface area (Å²) in [4.78, 5) is 14.3. The summed E-state index contributed by atoms with van der Waals surface area (Å²) >= 11 is 0. The Morgan fingerprint density at radius 2 is 1.95 bits per heavy atom. The van der Waals surface area contributed by atoms with E-state index in [-0.39, 0.29) is 18.1 Å². The summed E-state index contributed by atoms with van der Waals surface area (Å²) < 4.78 is 5.16. The molecule has 4 rings (SSSR count). The highest BCUT2D eigenvalue weighted by atomic mass is 16.6. The Morgan fingerprint density at radius 3 is 2.80 bits per heavy atom. The summed E-state index contributed by atoms with van der Waals surface area (Å²) in [5.41, 5.74) is 1.27. The molecular weight excluding hydrogens is 250 g/mol. The van der Waals surface area contributed by atoms with Gasteiger partial charge in [0.1, 0.15) is 0 Å². The first-order valence-electron chi connectivity index (χ1n) is 7.24. The quantitative estimate of drug-likeness (QED) is 0.784. The van der Waals surface area contributed by atoms with Crippen LogP contribution >= 0.6 is 0 Å². The molecule has 2 saturated heterocycles. The highest BCUT2D eigenvalue weighted by molar-refractivity contribution is 5.88.